The number of hydrogen-bond donors (Lipinski definition) is 0. The molecule has 2 aromatic carbocycles. The third-order valence-electron chi connectivity index (χ3n) is 6.07. The number of benzene rings is 2. The molecule has 2 rings (SSSR count). The van der Waals surface area contributed by atoms with Gasteiger partial charge in [-0.15, -0.1) is 0 Å². The Kier molecular flexibility index (Phi) is 15.1. The van der Waals surface area contributed by atoms with Crippen LogP contribution in [-0.4, -0.2) is 64.3 Å². The van der Waals surface area contributed by atoms with E-state index < -0.39 is 0 Å². The molecule has 0 aromatic heterocycles. The van der Waals surface area contributed by atoms with Gasteiger partial charge in [-0.25, -0.2) is 0 Å². The summed E-state index contributed by atoms with van der Waals surface area (Å²) in [4.78, 5) is 2.26. The number of rotatable bonds is 20. The summed E-state index contributed by atoms with van der Waals surface area (Å²) in [6.07, 6.45) is 5.26. The van der Waals surface area contributed by atoms with E-state index in [2.05, 4.69) is 86.9 Å². The summed E-state index contributed by atoms with van der Waals surface area (Å²) in [5.74, 6) is 4.21. The van der Waals surface area contributed by atoms with Crippen LogP contribution in [0.4, 0.5) is 0 Å². The SMILES string of the molecule is [B]CCCCOc1cccc(CN(C)CCOCCOc2ccc(C(C)(C)CSCCCC)cc2)c1. The van der Waals surface area contributed by atoms with Gasteiger partial charge in [-0.3, -0.25) is 4.90 Å². The maximum atomic E-state index is 5.89. The molecular formula is C30H46BNO3S. The van der Waals surface area contributed by atoms with Crippen LogP contribution < -0.4 is 9.47 Å². The number of nitrogens with zero attached hydrogens (tertiary/aromatic N) is 1. The van der Waals surface area contributed by atoms with E-state index in [-0.39, 0.29) is 5.41 Å². The number of unbranched alkanes of at least 4 members (excludes halogenated alkanes) is 2. The summed E-state index contributed by atoms with van der Waals surface area (Å²) in [5.41, 5.74) is 2.77. The lowest BCUT2D eigenvalue weighted by Crippen LogP contribution is -2.23. The van der Waals surface area contributed by atoms with Gasteiger partial charge in [0, 0.05) is 18.8 Å². The molecule has 0 aliphatic heterocycles. The van der Waals surface area contributed by atoms with Gasteiger partial charge in [-0.2, -0.15) is 11.8 Å². The largest absolute Gasteiger partial charge is 0.494 e. The lowest BCUT2D eigenvalue weighted by atomic mass is 9.87. The van der Waals surface area contributed by atoms with Gasteiger partial charge >= 0.3 is 0 Å². The first-order valence-corrected chi connectivity index (χ1v) is 14.6. The van der Waals surface area contributed by atoms with Gasteiger partial charge in [0.2, 0.25) is 0 Å². The van der Waals surface area contributed by atoms with Gasteiger partial charge in [0.25, 0.3) is 0 Å². The van der Waals surface area contributed by atoms with Crippen molar-refractivity contribution >= 4 is 19.6 Å². The van der Waals surface area contributed by atoms with Crippen LogP contribution in [0.5, 0.6) is 11.5 Å². The Morgan fingerprint density at radius 3 is 2.42 bits per heavy atom. The molecule has 0 atom stereocenters. The van der Waals surface area contributed by atoms with E-state index in [1.54, 1.807) is 0 Å². The van der Waals surface area contributed by atoms with Crippen molar-refractivity contribution in [2.75, 3.05) is 51.5 Å². The summed E-state index contributed by atoms with van der Waals surface area (Å²) in [5, 5.41) is 0. The van der Waals surface area contributed by atoms with Crippen molar-refractivity contribution in [1.29, 1.82) is 0 Å². The van der Waals surface area contributed by atoms with Gasteiger partial charge in [0.05, 0.1) is 27.7 Å². The molecule has 4 nitrogen and oxygen atoms in total. The van der Waals surface area contributed by atoms with E-state index in [0.717, 1.165) is 43.2 Å². The predicted molar refractivity (Wildman–Crippen MR) is 156 cm³/mol. The molecule has 0 unspecified atom stereocenters. The van der Waals surface area contributed by atoms with E-state index in [0.29, 0.717) is 32.7 Å². The number of likely N-dealkylation sites (N-methyl/N-ethyl adjacent to an activating group) is 1. The van der Waals surface area contributed by atoms with E-state index in [1.165, 1.54) is 29.7 Å². The Bertz CT molecular complexity index is 831. The highest BCUT2D eigenvalue weighted by atomic mass is 32.2. The van der Waals surface area contributed by atoms with Crippen LogP contribution in [0, 0.1) is 0 Å². The van der Waals surface area contributed by atoms with Crippen molar-refractivity contribution in [2.45, 2.75) is 64.7 Å². The second-order valence-electron chi connectivity index (χ2n) is 10.0. The molecule has 0 aliphatic rings. The van der Waals surface area contributed by atoms with E-state index in [4.69, 9.17) is 22.1 Å². The third kappa shape index (κ3) is 12.6. The highest BCUT2D eigenvalue weighted by Crippen LogP contribution is 2.29. The highest BCUT2D eigenvalue weighted by Gasteiger charge is 2.20. The van der Waals surface area contributed by atoms with Crippen LogP contribution in [0.15, 0.2) is 48.5 Å². The van der Waals surface area contributed by atoms with Gasteiger partial charge < -0.3 is 14.2 Å². The number of thioether (sulfide) groups is 1. The first kappa shape index (κ1) is 30.6. The number of hydrogen-bond acceptors (Lipinski definition) is 5. The molecule has 0 fully saturated rings. The van der Waals surface area contributed by atoms with E-state index in [9.17, 15) is 0 Å². The molecule has 0 spiro atoms. The fourth-order valence-electron chi connectivity index (χ4n) is 3.76. The zero-order chi connectivity index (χ0) is 26.1. The lowest BCUT2D eigenvalue weighted by molar-refractivity contribution is 0.0836. The van der Waals surface area contributed by atoms with Crippen molar-refractivity contribution in [3.8, 4) is 11.5 Å². The molecule has 36 heavy (non-hydrogen) atoms. The van der Waals surface area contributed by atoms with Gasteiger partial charge in [-0.05, 0) is 66.4 Å². The highest BCUT2D eigenvalue weighted by molar-refractivity contribution is 7.99. The molecule has 0 bridgehead atoms. The zero-order valence-electron chi connectivity index (χ0n) is 23.0. The van der Waals surface area contributed by atoms with Crippen molar-refractivity contribution in [3.05, 3.63) is 59.7 Å². The Labute approximate surface area is 225 Å². The second kappa shape index (κ2) is 17.8. The van der Waals surface area contributed by atoms with Crippen molar-refractivity contribution in [1.82, 2.24) is 4.90 Å². The standard InChI is InChI=1S/C30H46BNO3S/c1-5-6-22-36-25-30(2,3)27-12-14-28(15-13-27)35-21-20-33-19-17-32(4)24-26-10-9-11-29(23-26)34-18-8-7-16-31/h9-15,23H,5-8,16-22,24-25H2,1-4H3. The topological polar surface area (TPSA) is 30.9 Å². The fourth-order valence-corrected chi connectivity index (χ4v) is 5.08. The number of ether oxygens (including phenoxy) is 3. The minimum atomic E-state index is 0.172. The normalized spacial score (nSPS) is 11.7. The average molecular weight is 512 g/mol. The molecule has 0 saturated heterocycles. The van der Waals surface area contributed by atoms with Crippen LogP contribution in [0.3, 0.4) is 0 Å². The maximum absolute atomic E-state index is 5.89. The molecule has 198 valence electrons. The summed E-state index contributed by atoms with van der Waals surface area (Å²) in [7, 11) is 7.65. The first-order valence-electron chi connectivity index (χ1n) is 13.4. The Morgan fingerprint density at radius 2 is 1.67 bits per heavy atom. The quantitative estimate of drug-likeness (QED) is 0.145. The summed E-state index contributed by atoms with van der Waals surface area (Å²) in [6.45, 7) is 11.2. The molecule has 2 radical (unpaired) electrons. The Morgan fingerprint density at radius 1 is 0.889 bits per heavy atom. The minimum Gasteiger partial charge on any atom is -0.494 e. The zero-order valence-corrected chi connectivity index (χ0v) is 23.8. The van der Waals surface area contributed by atoms with Crippen LogP contribution in [0.2, 0.25) is 6.32 Å². The molecule has 0 amide bonds. The monoisotopic (exact) mass is 511 g/mol. The summed E-state index contributed by atoms with van der Waals surface area (Å²) in [6, 6.07) is 16.9. The first-order chi connectivity index (χ1) is 17.4. The molecule has 0 aliphatic carbocycles. The average Bonchev–Trinajstić information content (AvgIpc) is 2.87. The molecule has 0 N–H and O–H groups in total. The van der Waals surface area contributed by atoms with Crippen molar-refractivity contribution in [3.63, 3.8) is 0 Å². The second-order valence-corrected chi connectivity index (χ2v) is 11.1. The van der Waals surface area contributed by atoms with Gasteiger partial charge in [0.15, 0.2) is 0 Å². The molecule has 2 aromatic rings. The van der Waals surface area contributed by atoms with Crippen LogP contribution in [0.25, 0.3) is 0 Å². The van der Waals surface area contributed by atoms with Gasteiger partial charge in [0.1, 0.15) is 18.1 Å². The molecular weight excluding hydrogens is 465 g/mol. The summed E-state index contributed by atoms with van der Waals surface area (Å²) < 4.78 is 17.5. The van der Waals surface area contributed by atoms with Crippen LogP contribution in [-0.2, 0) is 16.7 Å². The Balaban J connectivity index is 1.60. The predicted octanol–water partition coefficient (Wildman–Crippen LogP) is 6.77. The molecule has 0 saturated carbocycles. The lowest BCUT2D eigenvalue weighted by Gasteiger charge is -2.25. The minimum absolute atomic E-state index is 0.172. The van der Waals surface area contributed by atoms with Crippen LogP contribution in [0.1, 0.15) is 57.6 Å². The molecule has 6 heteroatoms. The Hall–Kier alpha value is -1.63. The van der Waals surface area contributed by atoms with Crippen molar-refractivity contribution in [2.24, 2.45) is 0 Å². The maximum Gasteiger partial charge on any atom is 0.119 e. The fraction of sp³-hybridized carbons (Fsp3) is 0.600. The van der Waals surface area contributed by atoms with E-state index >= 15 is 0 Å². The molecule has 0 heterocycles. The van der Waals surface area contributed by atoms with E-state index in [1.807, 2.05) is 6.07 Å². The summed E-state index contributed by atoms with van der Waals surface area (Å²) >= 11 is 2.05. The third-order valence-corrected chi connectivity index (χ3v) is 7.58. The van der Waals surface area contributed by atoms with Crippen molar-refractivity contribution < 1.29 is 14.2 Å². The van der Waals surface area contributed by atoms with Crippen LogP contribution >= 0.6 is 11.8 Å². The van der Waals surface area contributed by atoms with Gasteiger partial charge in [-0.1, -0.05) is 64.2 Å². The smallest absolute Gasteiger partial charge is 0.119 e.